The molecule has 1 amide bonds. The molecule has 6 heteroatoms. The van der Waals surface area contributed by atoms with Crippen LogP contribution in [0.5, 0.6) is 0 Å². The number of thiophene rings is 1. The van der Waals surface area contributed by atoms with Gasteiger partial charge in [-0.15, -0.1) is 11.3 Å². The van der Waals surface area contributed by atoms with Gasteiger partial charge in [-0.25, -0.2) is 0 Å². The van der Waals surface area contributed by atoms with Crippen molar-refractivity contribution in [3.8, 4) is 0 Å². The van der Waals surface area contributed by atoms with Crippen molar-refractivity contribution in [3.63, 3.8) is 0 Å². The summed E-state index contributed by atoms with van der Waals surface area (Å²) in [5.74, 6) is -0.428. The van der Waals surface area contributed by atoms with Crippen LogP contribution in [-0.4, -0.2) is 42.3 Å². The first-order valence-electron chi connectivity index (χ1n) is 10.5. The molecule has 1 aromatic carbocycles. The van der Waals surface area contributed by atoms with Crippen LogP contribution >= 0.6 is 11.3 Å². The summed E-state index contributed by atoms with van der Waals surface area (Å²) in [7, 11) is 0. The van der Waals surface area contributed by atoms with Gasteiger partial charge in [-0.2, -0.15) is 0 Å². The molecule has 1 N–H and O–H groups in total. The smallest absolute Gasteiger partial charge is 0.224 e. The second kappa shape index (κ2) is 7.20. The topological polar surface area (TPSA) is 50.8 Å². The molecule has 0 unspecified atom stereocenters. The minimum absolute atomic E-state index is 0.0589. The molecular formula is C23H28N2O3S. The molecule has 3 aliphatic rings. The van der Waals surface area contributed by atoms with E-state index in [1.807, 2.05) is 13.8 Å². The predicted octanol–water partition coefficient (Wildman–Crippen LogP) is 3.93. The Bertz CT molecular complexity index is 911. The Hall–Kier alpha value is -1.73. The summed E-state index contributed by atoms with van der Waals surface area (Å²) in [6.45, 7) is 6.96. The van der Waals surface area contributed by atoms with E-state index in [4.69, 9.17) is 9.47 Å². The second-order valence-electron chi connectivity index (χ2n) is 8.82. The maximum absolute atomic E-state index is 11.6. The summed E-state index contributed by atoms with van der Waals surface area (Å²) < 4.78 is 12.8. The molecule has 0 bridgehead atoms. The van der Waals surface area contributed by atoms with Crippen LogP contribution in [0.1, 0.15) is 42.7 Å². The predicted molar refractivity (Wildman–Crippen MR) is 114 cm³/mol. The van der Waals surface area contributed by atoms with Crippen molar-refractivity contribution < 1.29 is 14.3 Å². The van der Waals surface area contributed by atoms with Gasteiger partial charge < -0.3 is 19.7 Å². The summed E-state index contributed by atoms with van der Waals surface area (Å²) in [5.41, 5.74) is 3.26. The SMILES string of the molecule is CC1(C)O[C@H]2CN(CCc3ccc4c(c3)CCC(=O)N4)CC[C@@]2(c2cccs2)O1. The highest BCUT2D eigenvalue weighted by Gasteiger charge is 2.56. The largest absolute Gasteiger partial charge is 0.342 e. The molecule has 2 aromatic rings. The summed E-state index contributed by atoms with van der Waals surface area (Å²) in [6, 6.07) is 10.7. The number of benzene rings is 1. The number of anilines is 1. The van der Waals surface area contributed by atoms with E-state index in [1.54, 1.807) is 11.3 Å². The van der Waals surface area contributed by atoms with E-state index in [9.17, 15) is 4.79 Å². The molecule has 0 spiro atoms. The number of carbonyl (C=O) groups is 1. The van der Waals surface area contributed by atoms with E-state index in [0.29, 0.717) is 6.42 Å². The normalized spacial score (nSPS) is 28.6. The van der Waals surface area contributed by atoms with Crippen LogP contribution in [0, 0.1) is 0 Å². The number of likely N-dealkylation sites (tertiary alicyclic amines) is 1. The third-order valence-corrected chi connectivity index (χ3v) is 7.35. The van der Waals surface area contributed by atoms with Gasteiger partial charge >= 0.3 is 0 Å². The molecule has 2 saturated heterocycles. The molecule has 5 nitrogen and oxygen atoms in total. The molecule has 4 heterocycles. The monoisotopic (exact) mass is 412 g/mol. The first-order valence-corrected chi connectivity index (χ1v) is 11.4. The van der Waals surface area contributed by atoms with Gasteiger partial charge in [0.1, 0.15) is 11.7 Å². The zero-order chi connectivity index (χ0) is 20.1. The summed E-state index contributed by atoms with van der Waals surface area (Å²) in [6.07, 6.45) is 3.44. The fraction of sp³-hybridized carbons (Fsp3) is 0.522. The number of carbonyl (C=O) groups excluding carboxylic acids is 1. The molecule has 2 atom stereocenters. The lowest BCUT2D eigenvalue weighted by Gasteiger charge is -2.41. The number of hydrogen-bond donors (Lipinski definition) is 1. The van der Waals surface area contributed by atoms with E-state index in [0.717, 1.165) is 44.6 Å². The third kappa shape index (κ3) is 3.63. The van der Waals surface area contributed by atoms with Crippen molar-refractivity contribution in [2.45, 2.75) is 57.0 Å². The molecule has 0 saturated carbocycles. The van der Waals surface area contributed by atoms with E-state index >= 15 is 0 Å². The standard InChI is InChI=1S/C23H28N2O3S/c1-22(2)27-19-15-25(12-10-23(19,28-22)20-4-3-13-29-20)11-9-16-5-7-18-17(14-16)6-8-21(26)24-18/h3-5,7,13-14,19H,6,8-12,15H2,1-2H3,(H,24,26)/t19-,23+/m0/s1. The fourth-order valence-electron chi connectivity index (χ4n) is 4.95. The Morgan fingerprint density at radius 3 is 3.00 bits per heavy atom. The van der Waals surface area contributed by atoms with Crippen molar-refractivity contribution in [2.24, 2.45) is 0 Å². The highest BCUT2D eigenvalue weighted by Crippen LogP contribution is 2.49. The molecular weight excluding hydrogens is 384 g/mol. The average Bonchev–Trinajstić information content (AvgIpc) is 3.31. The van der Waals surface area contributed by atoms with Crippen molar-refractivity contribution >= 4 is 22.9 Å². The highest BCUT2D eigenvalue weighted by molar-refractivity contribution is 7.10. The van der Waals surface area contributed by atoms with Crippen LogP contribution in [0.2, 0.25) is 0 Å². The highest BCUT2D eigenvalue weighted by atomic mass is 32.1. The number of amides is 1. The molecule has 5 rings (SSSR count). The van der Waals surface area contributed by atoms with E-state index in [1.165, 1.54) is 16.0 Å². The van der Waals surface area contributed by atoms with Crippen LogP contribution in [0.25, 0.3) is 0 Å². The molecule has 3 aliphatic heterocycles. The number of ether oxygens (including phenoxy) is 2. The minimum atomic E-state index is -0.548. The Morgan fingerprint density at radius 2 is 2.17 bits per heavy atom. The summed E-state index contributed by atoms with van der Waals surface area (Å²) >= 11 is 1.77. The molecule has 29 heavy (non-hydrogen) atoms. The Kier molecular flexibility index (Phi) is 4.78. The van der Waals surface area contributed by atoms with Gasteiger partial charge in [0.05, 0.1) is 0 Å². The van der Waals surface area contributed by atoms with Crippen LogP contribution in [-0.2, 0) is 32.7 Å². The molecule has 154 valence electrons. The average molecular weight is 413 g/mol. The van der Waals surface area contributed by atoms with Gasteiger partial charge in [0.25, 0.3) is 0 Å². The van der Waals surface area contributed by atoms with Gasteiger partial charge in [-0.3, -0.25) is 4.79 Å². The zero-order valence-corrected chi connectivity index (χ0v) is 17.9. The van der Waals surface area contributed by atoms with Crippen molar-refractivity contribution in [3.05, 3.63) is 51.7 Å². The Balaban J connectivity index is 1.26. The zero-order valence-electron chi connectivity index (χ0n) is 17.1. The van der Waals surface area contributed by atoms with Gasteiger partial charge in [0, 0.05) is 36.6 Å². The van der Waals surface area contributed by atoms with Crippen LogP contribution < -0.4 is 5.32 Å². The first kappa shape index (κ1) is 19.2. The van der Waals surface area contributed by atoms with Crippen LogP contribution in [0.15, 0.2) is 35.7 Å². The maximum Gasteiger partial charge on any atom is 0.224 e. The van der Waals surface area contributed by atoms with E-state index in [-0.39, 0.29) is 17.6 Å². The third-order valence-electron chi connectivity index (χ3n) is 6.32. The number of rotatable bonds is 4. The van der Waals surface area contributed by atoms with Gasteiger partial charge in [0.15, 0.2) is 5.79 Å². The quantitative estimate of drug-likeness (QED) is 0.827. The Labute approximate surface area is 176 Å². The summed E-state index contributed by atoms with van der Waals surface area (Å²) in [5, 5.41) is 5.09. The van der Waals surface area contributed by atoms with E-state index in [2.05, 4.69) is 45.9 Å². The van der Waals surface area contributed by atoms with Crippen LogP contribution in [0.4, 0.5) is 5.69 Å². The molecule has 2 fully saturated rings. The lowest BCUT2D eigenvalue weighted by molar-refractivity contribution is -0.164. The lowest BCUT2D eigenvalue weighted by Crippen LogP contribution is -2.52. The number of fused-ring (bicyclic) bond motifs is 2. The van der Waals surface area contributed by atoms with Gasteiger partial charge in [-0.1, -0.05) is 18.2 Å². The fourth-order valence-corrected chi connectivity index (χ4v) is 5.88. The van der Waals surface area contributed by atoms with Gasteiger partial charge in [0.2, 0.25) is 5.91 Å². The maximum atomic E-state index is 11.6. The van der Waals surface area contributed by atoms with Gasteiger partial charge in [-0.05, 0) is 61.7 Å². The molecule has 1 aromatic heterocycles. The van der Waals surface area contributed by atoms with E-state index < -0.39 is 5.79 Å². The molecule has 0 radical (unpaired) electrons. The number of nitrogens with one attached hydrogen (secondary N) is 1. The number of nitrogens with zero attached hydrogens (tertiary/aromatic N) is 1. The van der Waals surface area contributed by atoms with Crippen molar-refractivity contribution in [1.29, 1.82) is 0 Å². The van der Waals surface area contributed by atoms with Crippen LogP contribution in [0.3, 0.4) is 0 Å². The lowest BCUT2D eigenvalue weighted by atomic mass is 9.87. The summed E-state index contributed by atoms with van der Waals surface area (Å²) in [4.78, 5) is 15.3. The number of piperidine rings is 1. The van der Waals surface area contributed by atoms with Crippen molar-refractivity contribution in [2.75, 3.05) is 25.0 Å². The Morgan fingerprint density at radius 1 is 1.28 bits per heavy atom. The minimum Gasteiger partial charge on any atom is -0.342 e. The molecule has 0 aliphatic carbocycles. The van der Waals surface area contributed by atoms with Crippen molar-refractivity contribution in [1.82, 2.24) is 4.90 Å². The number of aryl methyl sites for hydroxylation is 1. The second-order valence-corrected chi connectivity index (χ2v) is 9.76. The first-order chi connectivity index (χ1) is 13.9. The number of hydrogen-bond acceptors (Lipinski definition) is 5.